The standard InChI is InChI=1S/C10H15NO3/c1-10(2,7-14-3)11-5-4-8(6-11)9(12)13/h4-6H,7H2,1-3H3,(H,12,13). The average Bonchev–Trinajstić information content (AvgIpc) is 2.51. The summed E-state index contributed by atoms with van der Waals surface area (Å²) >= 11 is 0. The minimum absolute atomic E-state index is 0.220. The number of carbonyl (C=O) groups is 1. The SMILES string of the molecule is COCC(C)(C)n1ccc(C(=O)O)c1. The molecule has 1 aromatic heterocycles. The number of carboxylic acids is 1. The first kappa shape index (κ1) is 10.8. The van der Waals surface area contributed by atoms with Crippen LogP contribution in [0.3, 0.4) is 0 Å². The summed E-state index contributed by atoms with van der Waals surface area (Å²) in [4.78, 5) is 10.7. The number of nitrogens with zero attached hydrogens (tertiary/aromatic N) is 1. The van der Waals surface area contributed by atoms with Crippen molar-refractivity contribution in [1.29, 1.82) is 0 Å². The largest absolute Gasteiger partial charge is 0.478 e. The van der Waals surface area contributed by atoms with Crippen LogP contribution < -0.4 is 0 Å². The second-order valence-electron chi connectivity index (χ2n) is 3.86. The molecule has 0 saturated heterocycles. The molecule has 78 valence electrons. The quantitative estimate of drug-likeness (QED) is 0.797. The topological polar surface area (TPSA) is 51.5 Å². The second-order valence-corrected chi connectivity index (χ2v) is 3.86. The molecule has 0 bridgehead atoms. The third-order valence-corrected chi connectivity index (χ3v) is 2.14. The van der Waals surface area contributed by atoms with E-state index in [1.54, 1.807) is 25.6 Å². The first-order valence-electron chi connectivity index (χ1n) is 4.38. The van der Waals surface area contributed by atoms with Gasteiger partial charge in [-0.1, -0.05) is 0 Å². The Kier molecular flexibility index (Phi) is 2.96. The first-order chi connectivity index (χ1) is 6.47. The molecule has 14 heavy (non-hydrogen) atoms. The fraction of sp³-hybridized carbons (Fsp3) is 0.500. The summed E-state index contributed by atoms with van der Waals surface area (Å²) in [6, 6.07) is 1.58. The van der Waals surface area contributed by atoms with E-state index in [0.29, 0.717) is 12.2 Å². The highest BCUT2D eigenvalue weighted by Crippen LogP contribution is 2.17. The monoisotopic (exact) mass is 197 g/mol. The molecule has 0 radical (unpaired) electrons. The minimum atomic E-state index is -0.906. The Morgan fingerprint density at radius 2 is 2.29 bits per heavy atom. The molecule has 0 spiro atoms. The van der Waals surface area contributed by atoms with Gasteiger partial charge in [-0.15, -0.1) is 0 Å². The Bertz CT molecular complexity index is 328. The van der Waals surface area contributed by atoms with E-state index in [-0.39, 0.29) is 5.54 Å². The Morgan fingerprint density at radius 3 is 2.71 bits per heavy atom. The summed E-state index contributed by atoms with van der Waals surface area (Å²) in [6.45, 7) is 4.52. The number of aromatic nitrogens is 1. The van der Waals surface area contributed by atoms with E-state index in [9.17, 15) is 4.79 Å². The number of hydrogen-bond acceptors (Lipinski definition) is 2. The van der Waals surface area contributed by atoms with Crippen molar-refractivity contribution >= 4 is 5.97 Å². The number of ether oxygens (including phenoxy) is 1. The molecule has 1 heterocycles. The zero-order chi connectivity index (χ0) is 10.8. The number of rotatable bonds is 4. The molecule has 0 atom stereocenters. The second kappa shape index (κ2) is 3.84. The van der Waals surface area contributed by atoms with E-state index in [4.69, 9.17) is 9.84 Å². The molecule has 4 nitrogen and oxygen atoms in total. The van der Waals surface area contributed by atoms with Gasteiger partial charge in [0.05, 0.1) is 17.7 Å². The van der Waals surface area contributed by atoms with E-state index in [1.165, 1.54) is 0 Å². The van der Waals surface area contributed by atoms with Crippen LogP contribution in [0.5, 0.6) is 0 Å². The zero-order valence-electron chi connectivity index (χ0n) is 8.65. The van der Waals surface area contributed by atoms with Crippen LogP contribution in [0, 0.1) is 0 Å². The summed E-state index contributed by atoms with van der Waals surface area (Å²) in [5.74, 6) is -0.906. The van der Waals surface area contributed by atoms with E-state index in [0.717, 1.165) is 0 Å². The third-order valence-electron chi connectivity index (χ3n) is 2.14. The molecule has 0 fully saturated rings. The van der Waals surface area contributed by atoms with E-state index in [1.807, 2.05) is 18.4 Å². The van der Waals surface area contributed by atoms with Gasteiger partial charge in [0, 0.05) is 19.5 Å². The molecule has 0 amide bonds. The molecule has 4 heteroatoms. The van der Waals surface area contributed by atoms with Gasteiger partial charge in [0.2, 0.25) is 0 Å². The van der Waals surface area contributed by atoms with Crippen molar-refractivity contribution in [1.82, 2.24) is 4.57 Å². The van der Waals surface area contributed by atoms with Gasteiger partial charge in [-0.05, 0) is 19.9 Å². The predicted molar refractivity (Wildman–Crippen MR) is 52.6 cm³/mol. The molecule has 0 aliphatic heterocycles. The van der Waals surface area contributed by atoms with Crippen LogP contribution in [0.2, 0.25) is 0 Å². The summed E-state index contributed by atoms with van der Waals surface area (Å²) < 4.78 is 6.91. The van der Waals surface area contributed by atoms with Crippen LogP contribution in [0.25, 0.3) is 0 Å². The van der Waals surface area contributed by atoms with Gasteiger partial charge in [-0.2, -0.15) is 0 Å². The van der Waals surface area contributed by atoms with Gasteiger partial charge in [0.1, 0.15) is 0 Å². The molecular weight excluding hydrogens is 182 g/mol. The van der Waals surface area contributed by atoms with Crippen molar-refractivity contribution in [2.75, 3.05) is 13.7 Å². The molecular formula is C10H15NO3. The maximum absolute atomic E-state index is 10.7. The summed E-state index contributed by atoms with van der Waals surface area (Å²) in [5, 5.41) is 8.75. The van der Waals surface area contributed by atoms with Gasteiger partial charge in [0.25, 0.3) is 0 Å². The van der Waals surface area contributed by atoms with Crippen LogP contribution >= 0.6 is 0 Å². The van der Waals surface area contributed by atoms with Crippen molar-refractivity contribution in [2.45, 2.75) is 19.4 Å². The highest BCUT2D eigenvalue weighted by atomic mass is 16.5. The minimum Gasteiger partial charge on any atom is -0.478 e. The lowest BCUT2D eigenvalue weighted by Gasteiger charge is -2.25. The van der Waals surface area contributed by atoms with Crippen LogP contribution in [-0.2, 0) is 10.3 Å². The molecule has 1 N–H and O–H groups in total. The predicted octanol–water partition coefficient (Wildman–Crippen LogP) is 1.57. The van der Waals surface area contributed by atoms with Gasteiger partial charge in [0.15, 0.2) is 0 Å². The molecule has 0 aliphatic rings. The Hall–Kier alpha value is -1.29. The Balaban J connectivity index is 2.90. The van der Waals surface area contributed by atoms with Crippen molar-refractivity contribution < 1.29 is 14.6 Å². The summed E-state index contributed by atoms with van der Waals surface area (Å²) in [6.07, 6.45) is 3.36. The highest BCUT2D eigenvalue weighted by molar-refractivity contribution is 5.87. The average molecular weight is 197 g/mol. The molecule has 0 aliphatic carbocycles. The van der Waals surface area contributed by atoms with Crippen LogP contribution in [0.4, 0.5) is 0 Å². The van der Waals surface area contributed by atoms with Crippen molar-refractivity contribution in [3.8, 4) is 0 Å². The number of hydrogen-bond donors (Lipinski definition) is 1. The lowest BCUT2D eigenvalue weighted by atomic mass is 10.1. The number of aromatic carboxylic acids is 1. The highest BCUT2D eigenvalue weighted by Gasteiger charge is 2.20. The maximum atomic E-state index is 10.7. The van der Waals surface area contributed by atoms with Crippen molar-refractivity contribution in [2.24, 2.45) is 0 Å². The zero-order valence-corrected chi connectivity index (χ0v) is 8.65. The van der Waals surface area contributed by atoms with Crippen LogP contribution in [0.15, 0.2) is 18.5 Å². The van der Waals surface area contributed by atoms with E-state index in [2.05, 4.69) is 0 Å². The van der Waals surface area contributed by atoms with Gasteiger partial charge < -0.3 is 14.4 Å². The third kappa shape index (κ3) is 2.14. The molecule has 0 aromatic carbocycles. The Labute approximate surface area is 83.1 Å². The molecule has 0 saturated carbocycles. The van der Waals surface area contributed by atoms with Crippen LogP contribution in [-0.4, -0.2) is 29.4 Å². The van der Waals surface area contributed by atoms with Crippen LogP contribution in [0.1, 0.15) is 24.2 Å². The normalized spacial score (nSPS) is 11.6. The fourth-order valence-corrected chi connectivity index (χ4v) is 1.33. The molecule has 1 rings (SSSR count). The van der Waals surface area contributed by atoms with E-state index < -0.39 is 5.97 Å². The molecule has 0 unspecified atom stereocenters. The smallest absolute Gasteiger partial charge is 0.337 e. The maximum Gasteiger partial charge on any atom is 0.337 e. The summed E-state index contributed by atoms with van der Waals surface area (Å²) in [7, 11) is 1.63. The van der Waals surface area contributed by atoms with Crippen molar-refractivity contribution in [3.05, 3.63) is 24.0 Å². The van der Waals surface area contributed by atoms with Gasteiger partial charge in [-0.25, -0.2) is 4.79 Å². The van der Waals surface area contributed by atoms with Crippen molar-refractivity contribution in [3.63, 3.8) is 0 Å². The number of methoxy groups -OCH3 is 1. The number of carboxylic acid groups (broad SMARTS) is 1. The first-order valence-corrected chi connectivity index (χ1v) is 4.38. The lowest BCUT2D eigenvalue weighted by Crippen LogP contribution is -2.30. The fourth-order valence-electron chi connectivity index (χ4n) is 1.33. The molecule has 1 aromatic rings. The van der Waals surface area contributed by atoms with Gasteiger partial charge >= 0.3 is 5.97 Å². The van der Waals surface area contributed by atoms with E-state index >= 15 is 0 Å². The lowest BCUT2D eigenvalue weighted by molar-refractivity contribution is 0.0695. The Morgan fingerprint density at radius 1 is 1.64 bits per heavy atom. The van der Waals surface area contributed by atoms with Gasteiger partial charge in [-0.3, -0.25) is 0 Å². The summed E-state index contributed by atoms with van der Waals surface area (Å²) in [5.41, 5.74) is 0.0804.